The van der Waals surface area contributed by atoms with Crippen LogP contribution >= 0.6 is 11.3 Å². The minimum atomic E-state index is 0.127. The summed E-state index contributed by atoms with van der Waals surface area (Å²) in [5.74, 6) is 1.01. The molecule has 1 aliphatic heterocycles. The van der Waals surface area contributed by atoms with Gasteiger partial charge in [-0.25, -0.2) is 0 Å². The lowest BCUT2D eigenvalue weighted by atomic mass is 9.71. The first-order valence-corrected chi connectivity index (χ1v) is 9.59. The molecule has 0 saturated heterocycles. The highest BCUT2D eigenvalue weighted by atomic mass is 32.1. The molecule has 3 heterocycles. The Morgan fingerprint density at radius 1 is 1.29 bits per heavy atom. The van der Waals surface area contributed by atoms with Crippen LogP contribution in [0.25, 0.3) is 0 Å². The van der Waals surface area contributed by atoms with Crippen LogP contribution in [-0.2, 0) is 17.6 Å². The van der Waals surface area contributed by atoms with E-state index in [1.165, 1.54) is 22.4 Å². The topological polar surface area (TPSA) is 42.0 Å². The molecule has 1 amide bonds. The van der Waals surface area contributed by atoms with E-state index in [1.54, 1.807) is 6.20 Å². The maximum Gasteiger partial charge on any atom is 0.225 e. The Kier molecular flexibility index (Phi) is 3.75. The molecule has 2 aliphatic rings. The molecular formula is C20H24N2OS. The number of hydrogen-bond acceptors (Lipinski definition) is 3. The Morgan fingerprint density at radius 3 is 2.83 bits per heavy atom. The summed E-state index contributed by atoms with van der Waals surface area (Å²) in [6, 6.07) is 4.07. The molecule has 1 aliphatic carbocycles. The molecule has 2 aromatic rings. The van der Waals surface area contributed by atoms with Gasteiger partial charge >= 0.3 is 0 Å². The number of carbonyl (C=O) groups is 1. The highest BCUT2D eigenvalue weighted by Crippen LogP contribution is 2.50. The van der Waals surface area contributed by atoms with Crippen molar-refractivity contribution in [3.63, 3.8) is 0 Å². The van der Waals surface area contributed by atoms with Gasteiger partial charge in [-0.3, -0.25) is 9.78 Å². The number of pyridine rings is 1. The summed E-state index contributed by atoms with van der Waals surface area (Å²) >= 11 is 1.81. The standard InChI is InChI=1S/C20H24N2OS/c1-20(2,3)13-6-7-14-16(9-13)24-19-18(14)15(10-17(23)22-19)12-5-4-8-21-11-12/h4-5,8,11,13,15H,6-7,9-10H2,1-3H3,(H,22,23). The first-order chi connectivity index (χ1) is 11.4. The first-order valence-electron chi connectivity index (χ1n) is 8.77. The van der Waals surface area contributed by atoms with Crippen molar-refractivity contribution in [2.75, 3.05) is 5.32 Å². The predicted octanol–water partition coefficient (Wildman–Crippen LogP) is 4.77. The molecular weight excluding hydrogens is 316 g/mol. The SMILES string of the molecule is CC(C)(C)C1CCc2c(sc3c2C(c2cccnc2)CC(=O)N3)C1. The second kappa shape index (κ2) is 5.69. The third-order valence-electron chi connectivity index (χ3n) is 5.61. The van der Waals surface area contributed by atoms with Crippen LogP contribution in [0.4, 0.5) is 5.00 Å². The second-order valence-electron chi connectivity index (χ2n) is 8.14. The number of hydrogen-bond donors (Lipinski definition) is 1. The molecule has 4 heteroatoms. The Balaban J connectivity index is 1.76. The Morgan fingerprint density at radius 2 is 2.12 bits per heavy atom. The highest BCUT2D eigenvalue weighted by molar-refractivity contribution is 7.16. The summed E-state index contributed by atoms with van der Waals surface area (Å²) in [5.41, 5.74) is 4.38. The summed E-state index contributed by atoms with van der Waals surface area (Å²) in [7, 11) is 0. The van der Waals surface area contributed by atoms with Crippen LogP contribution in [0.3, 0.4) is 0 Å². The van der Waals surface area contributed by atoms with Gasteiger partial charge in [0.05, 0.1) is 5.00 Å². The number of rotatable bonds is 1. The molecule has 0 spiro atoms. The van der Waals surface area contributed by atoms with Gasteiger partial charge in [-0.1, -0.05) is 26.8 Å². The molecule has 2 unspecified atom stereocenters. The monoisotopic (exact) mass is 340 g/mol. The fourth-order valence-electron chi connectivity index (χ4n) is 4.14. The first kappa shape index (κ1) is 15.8. The number of carbonyl (C=O) groups excluding carboxylic acids is 1. The third-order valence-corrected chi connectivity index (χ3v) is 6.79. The number of nitrogens with zero attached hydrogens (tertiary/aromatic N) is 1. The Bertz CT molecular complexity index is 773. The maximum absolute atomic E-state index is 12.2. The molecule has 0 fully saturated rings. The minimum absolute atomic E-state index is 0.127. The average molecular weight is 340 g/mol. The van der Waals surface area contributed by atoms with Crippen LogP contribution in [0.15, 0.2) is 24.5 Å². The lowest BCUT2D eigenvalue weighted by Crippen LogP contribution is -2.27. The van der Waals surface area contributed by atoms with Crippen LogP contribution in [0.1, 0.15) is 61.1 Å². The van der Waals surface area contributed by atoms with E-state index in [9.17, 15) is 4.79 Å². The van der Waals surface area contributed by atoms with E-state index in [-0.39, 0.29) is 11.8 Å². The van der Waals surface area contributed by atoms with E-state index in [2.05, 4.69) is 37.1 Å². The van der Waals surface area contributed by atoms with E-state index >= 15 is 0 Å². The third kappa shape index (κ3) is 2.67. The fourth-order valence-corrected chi connectivity index (χ4v) is 5.55. The van der Waals surface area contributed by atoms with Crippen molar-refractivity contribution in [3.05, 3.63) is 46.1 Å². The molecule has 0 bridgehead atoms. The van der Waals surface area contributed by atoms with Crippen molar-refractivity contribution < 1.29 is 4.79 Å². The summed E-state index contributed by atoms with van der Waals surface area (Å²) < 4.78 is 0. The van der Waals surface area contributed by atoms with Gasteiger partial charge in [0.15, 0.2) is 0 Å². The summed E-state index contributed by atoms with van der Waals surface area (Å²) in [5, 5.41) is 4.21. The Hall–Kier alpha value is -1.68. The molecule has 126 valence electrons. The summed E-state index contributed by atoms with van der Waals surface area (Å²) in [4.78, 5) is 18.0. The number of aromatic nitrogens is 1. The number of thiophene rings is 1. The zero-order valence-corrected chi connectivity index (χ0v) is 15.4. The Labute approximate surface area is 147 Å². The van der Waals surface area contributed by atoms with Crippen molar-refractivity contribution in [2.24, 2.45) is 11.3 Å². The van der Waals surface area contributed by atoms with Crippen molar-refractivity contribution in [2.45, 2.75) is 52.4 Å². The molecule has 0 aromatic carbocycles. The molecule has 0 saturated carbocycles. The quantitative estimate of drug-likeness (QED) is 0.812. The number of fused-ring (bicyclic) bond motifs is 3. The van der Waals surface area contributed by atoms with Crippen molar-refractivity contribution in [1.82, 2.24) is 4.98 Å². The van der Waals surface area contributed by atoms with Crippen LogP contribution in [0.2, 0.25) is 0 Å². The molecule has 4 rings (SSSR count). The summed E-state index contributed by atoms with van der Waals surface area (Å²) in [6.07, 6.45) is 7.77. The van der Waals surface area contributed by atoms with Crippen LogP contribution in [-0.4, -0.2) is 10.9 Å². The second-order valence-corrected chi connectivity index (χ2v) is 9.25. The smallest absolute Gasteiger partial charge is 0.225 e. The van der Waals surface area contributed by atoms with Gasteiger partial charge in [-0.2, -0.15) is 0 Å². The van der Waals surface area contributed by atoms with Gasteiger partial charge in [0.2, 0.25) is 5.91 Å². The lowest BCUT2D eigenvalue weighted by Gasteiger charge is -2.34. The van der Waals surface area contributed by atoms with Crippen molar-refractivity contribution in [1.29, 1.82) is 0 Å². The molecule has 2 atom stereocenters. The van der Waals surface area contributed by atoms with E-state index in [0.717, 1.165) is 29.3 Å². The zero-order valence-electron chi connectivity index (χ0n) is 14.6. The van der Waals surface area contributed by atoms with E-state index in [1.807, 2.05) is 23.6 Å². The predicted molar refractivity (Wildman–Crippen MR) is 98.6 cm³/mol. The van der Waals surface area contributed by atoms with Crippen molar-refractivity contribution in [3.8, 4) is 0 Å². The maximum atomic E-state index is 12.2. The van der Waals surface area contributed by atoms with E-state index in [4.69, 9.17) is 0 Å². The molecule has 2 aromatic heterocycles. The average Bonchev–Trinajstić information content (AvgIpc) is 2.91. The lowest BCUT2D eigenvalue weighted by molar-refractivity contribution is -0.116. The number of anilines is 1. The largest absolute Gasteiger partial charge is 0.317 e. The summed E-state index contributed by atoms with van der Waals surface area (Å²) in [6.45, 7) is 7.03. The minimum Gasteiger partial charge on any atom is -0.317 e. The van der Waals surface area contributed by atoms with Crippen LogP contribution in [0.5, 0.6) is 0 Å². The zero-order chi connectivity index (χ0) is 16.9. The van der Waals surface area contributed by atoms with Gasteiger partial charge < -0.3 is 5.32 Å². The van der Waals surface area contributed by atoms with Crippen LogP contribution in [0, 0.1) is 11.3 Å². The van der Waals surface area contributed by atoms with Gasteiger partial charge in [0.1, 0.15) is 0 Å². The number of amides is 1. The van der Waals surface area contributed by atoms with Crippen molar-refractivity contribution >= 4 is 22.2 Å². The van der Waals surface area contributed by atoms with Gasteiger partial charge in [-0.15, -0.1) is 11.3 Å². The van der Waals surface area contributed by atoms with Crippen LogP contribution < -0.4 is 5.32 Å². The van der Waals surface area contributed by atoms with Gasteiger partial charge in [-0.05, 0) is 53.4 Å². The number of nitrogens with one attached hydrogen (secondary N) is 1. The van der Waals surface area contributed by atoms with Gasteiger partial charge in [0.25, 0.3) is 0 Å². The van der Waals surface area contributed by atoms with E-state index in [0.29, 0.717) is 11.8 Å². The molecule has 24 heavy (non-hydrogen) atoms. The molecule has 0 radical (unpaired) electrons. The molecule has 1 N–H and O–H groups in total. The van der Waals surface area contributed by atoms with E-state index < -0.39 is 0 Å². The van der Waals surface area contributed by atoms with Gasteiger partial charge in [0, 0.05) is 29.6 Å². The fraction of sp³-hybridized carbons (Fsp3) is 0.500. The molecule has 3 nitrogen and oxygen atoms in total. The highest BCUT2D eigenvalue weighted by Gasteiger charge is 2.37. The normalized spacial score (nSPS) is 23.4.